The number of aromatic nitrogens is 3. The average molecular weight is 464 g/mol. The Morgan fingerprint density at radius 2 is 2.12 bits per heavy atom. The highest BCUT2D eigenvalue weighted by Gasteiger charge is 2.26. The van der Waals surface area contributed by atoms with Crippen molar-refractivity contribution in [2.75, 3.05) is 33.3 Å². The van der Waals surface area contributed by atoms with Gasteiger partial charge in [-0.3, -0.25) is 9.79 Å². The topological polar surface area (TPSA) is 84.6 Å². The van der Waals surface area contributed by atoms with Gasteiger partial charge in [-0.05, 0) is 19.8 Å². The molecular weight excluding hydrogens is 435 g/mol. The van der Waals surface area contributed by atoms with Crippen molar-refractivity contribution < 1.29 is 9.53 Å². The van der Waals surface area contributed by atoms with Crippen LogP contribution < -0.4 is 5.32 Å². The fraction of sp³-hybridized carbons (Fsp3) is 0.750. The van der Waals surface area contributed by atoms with E-state index in [1.807, 2.05) is 4.57 Å². The van der Waals surface area contributed by atoms with Gasteiger partial charge < -0.3 is 19.5 Å². The monoisotopic (exact) mass is 464 g/mol. The molecule has 0 amide bonds. The molecule has 0 saturated carbocycles. The lowest BCUT2D eigenvalue weighted by molar-refractivity contribution is -0.146. The molecule has 0 unspecified atom stereocenters. The summed E-state index contributed by atoms with van der Waals surface area (Å²) in [5.41, 5.74) is 0. The zero-order chi connectivity index (χ0) is 17.4. The van der Waals surface area contributed by atoms with E-state index in [4.69, 9.17) is 9.73 Å². The van der Waals surface area contributed by atoms with Crippen LogP contribution in [-0.4, -0.2) is 64.9 Å². The molecule has 0 atom stereocenters. The molecule has 2 rings (SSSR count). The number of methoxy groups -OCH3 is 1. The summed E-state index contributed by atoms with van der Waals surface area (Å²) in [6.45, 7) is 8.03. The molecule has 142 valence electrons. The molecule has 8 nitrogen and oxygen atoms in total. The first-order valence-electron chi connectivity index (χ1n) is 8.67. The van der Waals surface area contributed by atoms with Crippen molar-refractivity contribution in [3.63, 3.8) is 0 Å². The highest BCUT2D eigenvalue weighted by molar-refractivity contribution is 14.0. The molecule has 1 aliphatic rings. The van der Waals surface area contributed by atoms with Crippen molar-refractivity contribution in [3.8, 4) is 0 Å². The number of guanidine groups is 1. The van der Waals surface area contributed by atoms with E-state index in [1.165, 1.54) is 7.11 Å². The van der Waals surface area contributed by atoms with Crippen LogP contribution in [0.15, 0.2) is 11.3 Å². The highest BCUT2D eigenvalue weighted by atomic mass is 127. The third-order valence-electron chi connectivity index (χ3n) is 4.28. The van der Waals surface area contributed by atoms with Gasteiger partial charge in [0.25, 0.3) is 0 Å². The number of aliphatic imine (C=N–C) groups is 1. The van der Waals surface area contributed by atoms with Crippen LogP contribution in [0.4, 0.5) is 0 Å². The minimum atomic E-state index is -0.101. The molecule has 0 aliphatic carbocycles. The summed E-state index contributed by atoms with van der Waals surface area (Å²) >= 11 is 0. The van der Waals surface area contributed by atoms with E-state index in [2.05, 4.69) is 34.3 Å². The Kier molecular flexibility index (Phi) is 9.76. The van der Waals surface area contributed by atoms with Crippen molar-refractivity contribution in [2.45, 2.75) is 39.7 Å². The summed E-state index contributed by atoms with van der Waals surface area (Å²) in [7, 11) is 1.45. The Balaban J connectivity index is 0.00000312. The van der Waals surface area contributed by atoms with Crippen LogP contribution in [0.25, 0.3) is 0 Å². The van der Waals surface area contributed by atoms with Crippen molar-refractivity contribution in [2.24, 2.45) is 10.9 Å². The zero-order valence-electron chi connectivity index (χ0n) is 15.3. The smallest absolute Gasteiger partial charge is 0.308 e. The molecule has 1 N–H and O–H groups in total. The van der Waals surface area contributed by atoms with Crippen molar-refractivity contribution >= 4 is 35.9 Å². The first-order valence-corrected chi connectivity index (χ1v) is 8.67. The second kappa shape index (κ2) is 11.3. The lowest BCUT2D eigenvalue weighted by Crippen LogP contribution is -2.46. The van der Waals surface area contributed by atoms with E-state index in [0.717, 1.165) is 57.2 Å². The number of nitrogens with zero attached hydrogens (tertiary/aromatic N) is 5. The standard InChI is InChI=1S/C16H28N6O2.HI/c1-4-14-20-19-12-22(14)11-8-18-16(17-5-2)21-9-6-13(7-10-21)15(23)24-3;/h12-13H,4-11H2,1-3H3,(H,17,18);1H. The summed E-state index contributed by atoms with van der Waals surface area (Å²) in [4.78, 5) is 18.6. The summed E-state index contributed by atoms with van der Waals surface area (Å²) in [5.74, 6) is 1.80. The fourth-order valence-electron chi connectivity index (χ4n) is 2.92. The van der Waals surface area contributed by atoms with Gasteiger partial charge in [0, 0.05) is 32.6 Å². The summed E-state index contributed by atoms with van der Waals surface area (Å²) in [6, 6.07) is 0. The van der Waals surface area contributed by atoms with Crippen LogP contribution in [-0.2, 0) is 22.5 Å². The number of hydrogen-bond acceptors (Lipinski definition) is 5. The maximum atomic E-state index is 11.6. The van der Waals surface area contributed by atoms with Crippen LogP contribution in [0.2, 0.25) is 0 Å². The third-order valence-corrected chi connectivity index (χ3v) is 4.28. The van der Waals surface area contributed by atoms with Crippen LogP contribution in [0.1, 0.15) is 32.5 Å². The molecule has 0 radical (unpaired) electrons. The third kappa shape index (κ3) is 6.12. The van der Waals surface area contributed by atoms with Crippen LogP contribution in [0.5, 0.6) is 0 Å². The van der Waals surface area contributed by atoms with Crippen LogP contribution in [0.3, 0.4) is 0 Å². The molecule has 1 aromatic rings. The van der Waals surface area contributed by atoms with Gasteiger partial charge in [-0.1, -0.05) is 6.92 Å². The lowest BCUT2D eigenvalue weighted by atomic mass is 9.97. The van der Waals surface area contributed by atoms with E-state index < -0.39 is 0 Å². The van der Waals surface area contributed by atoms with E-state index >= 15 is 0 Å². The number of piperidine rings is 1. The largest absolute Gasteiger partial charge is 0.469 e. The quantitative estimate of drug-likeness (QED) is 0.296. The Bertz CT molecular complexity index is 555. The number of aryl methyl sites for hydroxylation is 1. The molecule has 2 heterocycles. The first-order chi connectivity index (χ1) is 11.7. The number of rotatable bonds is 6. The number of nitrogens with one attached hydrogen (secondary N) is 1. The Hall–Kier alpha value is -1.39. The van der Waals surface area contributed by atoms with Crippen molar-refractivity contribution in [1.29, 1.82) is 0 Å². The molecule has 9 heteroatoms. The normalized spacial score (nSPS) is 15.6. The number of halogens is 1. The Labute approximate surface area is 166 Å². The predicted octanol–water partition coefficient (Wildman–Crippen LogP) is 1.31. The van der Waals surface area contributed by atoms with Crippen LogP contribution in [0, 0.1) is 5.92 Å². The van der Waals surface area contributed by atoms with E-state index in [9.17, 15) is 4.79 Å². The molecule has 25 heavy (non-hydrogen) atoms. The zero-order valence-corrected chi connectivity index (χ0v) is 17.6. The Morgan fingerprint density at radius 3 is 2.72 bits per heavy atom. The predicted molar refractivity (Wildman–Crippen MR) is 107 cm³/mol. The van der Waals surface area contributed by atoms with Gasteiger partial charge >= 0.3 is 5.97 Å². The van der Waals surface area contributed by atoms with Gasteiger partial charge in [0.15, 0.2) is 5.96 Å². The highest BCUT2D eigenvalue weighted by Crippen LogP contribution is 2.18. The number of esters is 1. The molecular formula is C16H29IN6O2. The average Bonchev–Trinajstić information content (AvgIpc) is 3.08. The number of hydrogen-bond donors (Lipinski definition) is 1. The molecule has 1 fully saturated rings. The Morgan fingerprint density at radius 1 is 1.40 bits per heavy atom. The molecule has 0 spiro atoms. The van der Waals surface area contributed by atoms with Gasteiger partial charge in [0.2, 0.25) is 0 Å². The lowest BCUT2D eigenvalue weighted by Gasteiger charge is -2.33. The second-order valence-corrected chi connectivity index (χ2v) is 5.81. The minimum absolute atomic E-state index is 0. The van der Waals surface area contributed by atoms with E-state index in [1.54, 1.807) is 6.33 Å². The SMILES string of the molecule is CCNC(=NCCn1cnnc1CC)N1CCC(C(=O)OC)CC1.I. The summed E-state index contributed by atoms with van der Waals surface area (Å²) in [6.07, 6.45) is 4.24. The second-order valence-electron chi connectivity index (χ2n) is 5.81. The maximum absolute atomic E-state index is 11.6. The van der Waals surface area contributed by atoms with Gasteiger partial charge in [-0.15, -0.1) is 34.2 Å². The van der Waals surface area contributed by atoms with Gasteiger partial charge in [-0.2, -0.15) is 0 Å². The molecule has 1 aromatic heterocycles. The van der Waals surface area contributed by atoms with Gasteiger partial charge in [-0.25, -0.2) is 0 Å². The fourth-order valence-corrected chi connectivity index (χ4v) is 2.92. The molecule has 0 aromatic carbocycles. The molecule has 0 bridgehead atoms. The molecule has 1 saturated heterocycles. The minimum Gasteiger partial charge on any atom is -0.469 e. The van der Waals surface area contributed by atoms with E-state index in [-0.39, 0.29) is 35.9 Å². The number of carbonyl (C=O) groups excluding carboxylic acids is 1. The first kappa shape index (κ1) is 21.7. The summed E-state index contributed by atoms with van der Waals surface area (Å²) < 4.78 is 6.88. The molecule has 1 aliphatic heterocycles. The van der Waals surface area contributed by atoms with Crippen molar-refractivity contribution in [3.05, 3.63) is 12.2 Å². The number of likely N-dealkylation sites (tertiary alicyclic amines) is 1. The maximum Gasteiger partial charge on any atom is 0.308 e. The van der Waals surface area contributed by atoms with Crippen molar-refractivity contribution in [1.82, 2.24) is 25.0 Å². The number of ether oxygens (including phenoxy) is 1. The summed E-state index contributed by atoms with van der Waals surface area (Å²) in [5, 5.41) is 11.4. The number of carbonyl (C=O) groups is 1. The van der Waals surface area contributed by atoms with E-state index in [0.29, 0.717) is 6.54 Å². The van der Waals surface area contributed by atoms with Gasteiger partial charge in [0.1, 0.15) is 12.2 Å². The van der Waals surface area contributed by atoms with Crippen LogP contribution >= 0.6 is 24.0 Å². The van der Waals surface area contributed by atoms with Gasteiger partial charge in [0.05, 0.1) is 19.6 Å².